The summed E-state index contributed by atoms with van der Waals surface area (Å²) in [5, 5.41) is 3.03. The van der Waals surface area contributed by atoms with Gasteiger partial charge in [-0.1, -0.05) is 20.3 Å². The molecule has 0 aliphatic rings. The van der Waals surface area contributed by atoms with Crippen molar-refractivity contribution in [2.75, 3.05) is 7.05 Å². The highest BCUT2D eigenvalue weighted by molar-refractivity contribution is 4.63. The van der Waals surface area contributed by atoms with E-state index in [1.165, 1.54) is 12.8 Å². The van der Waals surface area contributed by atoms with Gasteiger partial charge in [0.2, 0.25) is 0 Å². The summed E-state index contributed by atoms with van der Waals surface area (Å²) >= 11 is 0. The summed E-state index contributed by atoms with van der Waals surface area (Å²) in [4.78, 5) is 0. The van der Waals surface area contributed by atoms with Crippen molar-refractivity contribution in [1.82, 2.24) is 5.32 Å². The summed E-state index contributed by atoms with van der Waals surface area (Å²) in [5.41, 5.74) is 5.69. The normalized spacial score (nSPS) is 17.3. The monoisotopic (exact) mass is 130 g/mol. The van der Waals surface area contributed by atoms with Crippen LogP contribution in [0.3, 0.4) is 0 Å². The van der Waals surface area contributed by atoms with Gasteiger partial charge in [-0.15, -0.1) is 0 Å². The van der Waals surface area contributed by atoms with Crippen LogP contribution >= 0.6 is 0 Å². The molecule has 0 fully saturated rings. The fourth-order valence-electron chi connectivity index (χ4n) is 0.919. The summed E-state index contributed by atoms with van der Waals surface area (Å²) in [5.74, 6) is 0.597. The number of nitrogens with one attached hydrogen (secondary N) is 1. The molecule has 0 rings (SSSR count). The van der Waals surface area contributed by atoms with Gasteiger partial charge in [0.1, 0.15) is 0 Å². The van der Waals surface area contributed by atoms with Gasteiger partial charge in [0.15, 0.2) is 0 Å². The number of hydrogen-bond acceptors (Lipinski definition) is 2. The van der Waals surface area contributed by atoms with Gasteiger partial charge in [-0.25, -0.2) is 0 Å². The van der Waals surface area contributed by atoms with Crippen molar-refractivity contribution in [2.24, 2.45) is 11.7 Å². The Hall–Kier alpha value is -0.0800. The molecular formula is C7H18N2. The standard InChI is InChI=1S/C7H18N2/c1-4-5-6(2)7(8)9-3/h6-7,9H,4-5,8H2,1-3H3. The SMILES string of the molecule is CCCC(C)C(N)NC. The predicted molar refractivity (Wildman–Crippen MR) is 41.1 cm³/mol. The molecule has 9 heavy (non-hydrogen) atoms. The molecule has 0 aromatic carbocycles. The molecule has 2 atom stereocenters. The Kier molecular flexibility index (Phi) is 4.72. The molecular weight excluding hydrogens is 112 g/mol. The summed E-state index contributed by atoms with van der Waals surface area (Å²) in [7, 11) is 1.90. The maximum absolute atomic E-state index is 5.69. The van der Waals surface area contributed by atoms with E-state index in [0.29, 0.717) is 5.92 Å². The van der Waals surface area contributed by atoms with Gasteiger partial charge in [-0.05, 0) is 19.4 Å². The highest BCUT2D eigenvalue weighted by Crippen LogP contribution is 2.05. The number of hydrogen-bond donors (Lipinski definition) is 2. The molecule has 2 heteroatoms. The molecule has 56 valence electrons. The average Bonchev–Trinajstić information content (AvgIpc) is 1.87. The predicted octanol–water partition coefficient (Wildman–Crippen LogP) is 0.927. The first kappa shape index (κ1) is 8.92. The van der Waals surface area contributed by atoms with E-state index in [4.69, 9.17) is 5.73 Å². The Balaban J connectivity index is 3.32. The second-order valence-electron chi connectivity index (χ2n) is 2.58. The zero-order valence-corrected chi connectivity index (χ0v) is 6.65. The Morgan fingerprint density at radius 2 is 2.11 bits per heavy atom. The van der Waals surface area contributed by atoms with E-state index in [9.17, 15) is 0 Å². The van der Waals surface area contributed by atoms with Crippen LogP contribution in [0.15, 0.2) is 0 Å². The van der Waals surface area contributed by atoms with Gasteiger partial charge >= 0.3 is 0 Å². The molecule has 0 aliphatic heterocycles. The van der Waals surface area contributed by atoms with Crippen LogP contribution in [0, 0.1) is 5.92 Å². The van der Waals surface area contributed by atoms with Crippen LogP contribution in [0.25, 0.3) is 0 Å². The van der Waals surface area contributed by atoms with Gasteiger partial charge in [-0.3, -0.25) is 0 Å². The maximum Gasteiger partial charge on any atom is 0.0570 e. The third-order valence-corrected chi connectivity index (χ3v) is 1.69. The minimum atomic E-state index is 0.171. The molecule has 0 spiro atoms. The molecule has 0 saturated heterocycles. The molecule has 0 saturated carbocycles. The molecule has 3 N–H and O–H groups in total. The topological polar surface area (TPSA) is 38.0 Å². The van der Waals surface area contributed by atoms with Crippen molar-refractivity contribution in [3.05, 3.63) is 0 Å². The van der Waals surface area contributed by atoms with E-state index in [1.54, 1.807) is 0 Å². The molecule has 2 unspecified atom stereocenters. The quantitative estimate of drug-likeness (QED) is 0.555. The van der Waals surface area contributed by atoms with Crippen molar-refractivity contribution < 1.29 is 0 Å². The Morgan fingerprint density at radius 1 is 1.56 bits per heavy atom. The minimum absolute atomic E-state index is 0.171. The van der Waals surface area contributed by atoms with Crippen LogP contribution in [-0.2, 0) is 0 Å². The van der Waals surface area contributed by atoms with Gasteiger partial charge in [0.25, 0.3) is 0 Å². The molecule has 0 amide bonds. The largest absolute Gasteiger partial charge is 0.316 e. The van der Waals surface area contributed by atoms with Crippen molar-refractivity contribution in [3.8, 4) is 0 Å². The van der Waals surface area contributed by atoms with Crippen LogP contribution in [0.2, 0.25) is 0 Å². The first-order chi connectivity index (χ1) is 4.22. The lowest BCUT2D eigenvalue weighted by molar-refractivity contribution is 0.383. The second kappa shape index (κ2) is 4.77. The molecule has 0 bridgehead atoms. The number of nitrogens with two attached hydrogens (primary N) is 1. The maximum atomic E-state index is 5.69. The molecule has 0 heterocycles. The summed E-state index contributed by atoms with van der Waals surface area (Å²) in [6, 6.07) is 0. The van der Waals surface area contributed by atoms with E-state index in [2.05, 4.69) is 19.2 Å². The highest BCUT2D eigenvalue weighted by atomic mass is 15.0. The molecule has 2 nitrogen and oxygen atoms in total. The van der Waals surface area contributed by atoms with E-state index in [0.717, 1.165) is 0 Å². The van der Waals surface area contributed by atoms with E-state index in [1.807, 2.05) is 7.05 Å². The van der Waals surface area contributed by atoms with Crippen LogP contribution in [0.5, 0.6) is 0 Å². The van der Waals surface area contributed by atoms with E-state index in [-0.39, 0.29) is 6.17 Å². The first-order valence-corrected chi connectivity index (χ1v) is 3.65. The van der Waals surface area contributed by atoms with E-state index < -0.39 is 0 Å². The molecule has 0 aromatic rings. The fraction of sp³-hybridized carbons (Fsp3) is 1.00. The van der Waals surface area contributed by atoms with Gasteiger partial charge < -0.3 is 11.1 Å². The third-order valence-electron chi connectivity index (χ3n) is 1.69. The summed E-state index contributed by atoms with van der Waals surface area (Å²) in [6.45, 7) is 4.35. The van der Waals surface area contributed by atoms with Crippen LogP contribution in [-0.4, -0.2) is 13.2 Å². The Labute approximate surface area is 57.8 Å². The first-order valence-electron chi connectivity index (χ1n) is 3.65. The number of rotatable bonds is 4. The lowest BCUT2D eigenvalue weighted by Crippen LogP contribution is -2.40. The van der Waals surface area contributed by atoms with Gasteiger partial charge in [-0.2, -0.15) is 0 Å². The lowest BCUT2D eigenvalue weighted by atomic mass is 10.0. The van der Waals surface area contributed by atoms with Crippen molar-refractivity contribution in [3.63, 3.8) is 0 Å². The minimum Gasteiger partial charge on any atom is -0.316 e. The second-order valence-corrected chi connectivity index (χ2v) is 2.58. The lowest BCUT2D eigenvalue weighted by Gasteiger charge is -2.17. The van der Waals surface area contributed by atoms with Crippen molar-refractivity contribution >= 4 is 0 Å². The Morgan fingerprint density at radius 3 is 2.44 bits per heavy atom. The highest BCUT2D eigenvalue weighted by Gasteiger charge is 2.07. The summed E-state index contributed by atoms with van der Waals surface area (Å²) in [6.07, 6.45) is 2.60. The smallest absolute Gasteiger partial charge is 0.0570 e. The van der Waals surface area contributed by atoms with Crippen LogP contribution in [0.4, 0.5) is 0 Å². The molecule has 0 aromatic heterocycles. The molecule has 0 aliphatic carbocycles. The zero-order chi connectivity index (χ0) is 7.28. The van der Waals surface area contributed by atoms with Crippen LogP contribution in [0.1, 0.15) is 26.7 Å². The average molecular weight is 130 g/mol. The third kappa shape index (κ3) is 3.49. The fourth-order valence-corrected chi connectivity index (χ4v) is 0.919. The van der Waals surface area contributed by atoms with Crippen molar-refractivity contribution in [2.45, 2.75) is 32.9 Å². The zero-order valence-electron chi connectivity index (χ0n) is 6.65. The summed E-state index contributed by atoms with van der Waals surface area (Å²) < 4.78 is 0. The van der Waals surface area contributed by atoms with E-state index >= 15 is 0 Å². The van der Waals surface area contributed by atoms with Crippen molar-refractivity contribution in [1.29, 1.82) is 0 Å². The van der Waals surface area contributed by atoms with Gasteiger partial charge in [0.05, 0.1) is 6.17 Å². The Bertz CT molecular complexity index is 63.9. The van der Waals surface area contributed by atoms with Crippen LogP contribution < -0.4 is 11.1 Å². The molecule has 0 radical (unpaired) electrons. The van der Waals surface area contributed by atoms with Gasteiger partial charge in [0, 0.05) is 0 Å².